The van der Waals surface area contributed by atoms with Crippen molar-refractivity contribution in [2.24, 2.45) is 10.5 Å². The summed E-state index contributed by atoms with van der Waals surface area (Å²) in [4.78, 5) is 35.7. The molecule has 0 spiro atoms. The van der Waals surface area contributed by atoms with Gasteiger partial charge in [-0.3, -0.25) is 14.3 Å². The van der Waals surface area contributed by atoms with E-state index in [9.17, 15) is 14.4 Å². The molecular weight excluding hydrogens is 765 g/mol. The predicted molar refractivity (Wildman–Crippen MR) is 230 cm³/mol. The molecule has 0 aliphatic heterocycles. The lowest BCUT2D eigenvalue weighted by Crippen LogP contribution is -2.46. The Morgan fingerprint density at radius 2 is 0.966 bits per heavy atom. The van der Waals surface area contributed by atoms with Gasteiger partial charge in [-0.1, -0.05) is 12.8 Å². The molecule has 9 N–H and O–H groups in total. The second kappa shape index (κ2) is 35.7. The highest BCUT2D eigenvalue weighted by atomic mass is 31.1. The number of hydrogen-bond donors (Lipinski definition) is 8. The van der Waals surface area contributed by atoms with Crippen LogP contribution in [-0.4, -0.2) is 167 Å². The zero-order chi connectivity index (χ0) is 41.9. The molecule has 17 nitrogen and oxygen atoms in total. The van der Waals surface area contributed by atoms with E-state index in [2.05, 4.69) is 46.7 Å². The normalized spacial score (nSPS) is 17.0. The van der Waals surface area contributed by atoms with Crippen LogP contribution in [0.1, 0.15) is 89.9 Å². The van der Waals surface area contributed by atoms with Crippen molar-refractivity contribution in [2.45, 2.75) is 126 Å². The minimum absolute atomic E-state index is 0.0682. The summed E-state index contributed by atoms with van der Waals surface area (Å²) in [6.45, 7) is 9.98. The molecule has 3 amide bonds. The van der Waals surface area contributed by atoms with Gasteiger partial charge in [0.15, 0.2) is 0 Å². The molecule has 0 aromatic rings. The van der Waals surface area contributed by atoms with Gasteiger partial charge in [-0.25, -0.2) is 4.79 Å². The summed E-state index contributed by atoms with van der Waals surface area (Å²) in [5.41, 5.74) is 5.34. The maximum Gasteiger partial charge on any atom is 0.406 e. The number of hydrogen-bond acceptors (Lipinski definition) is 14. The van der Waals surface area contributed by atoms with Crippen molar-refractivity contribution in [2.75, 3.05) is 113 Å². The molecule has 0 aromatic heterocycles. The number of methoxy groups -OCH3 is 1. The Balaban J connectivity index is 0.000000369. The summed E-state index contributed by atoms with van der Waals surface area (Å²) in [6.07, 6.45) is 15.7. The second-order valence-electron chi connectivity index (χ2n) is 15.1. The fourth-order valence-electron chi connectivity index (χ4n) is 5.55. The zero-order valence-electron chi connectivity index (χ0n) is 36.0. The number of rotatable bonds is 35. The van der Waals surface area contributed by atoms with E-state index >= 15 is 0 Å². The molecule has 4 aliphatic rings. The molecule has 18 heteroatoms. The highest BCUT2D eigenvalue weighted by Crippen LogP contribution is 2.22. The van der Waals surface area contributed by atoms with Crippen molar-refractivity contribution >= 4 is 26.3 Å². The number of nitrogens with two attached hydrogens (primary N) is 1. The van der Waals surface area contributed by atoms with Crippen LogP contribution in [0.4, 0.5) is 4.79 Å². The first-order valence-electron chi connectivity index (χ1n) is 21.9. The minimum atomic E-state index is -0.468. The van der Waals surface area contributed by atoms with Crippen molar-refractivity contribution in [3.8, 4) is 0 Å². The topological polar surface area (TPSA) is 220 Å². The van der Waals surface area contributed by atoms with Crippen LogP contribution in [0.15, 0.2) is 4.74 Å². The standard InChI is InChI=1S/C20H38N4O5.C18H36N4O3.C2H6NP/c1-27-20(26)23-11-13-29-15-14-28-12-10-22-19(25)18(24-17-7-8-17)4-2-3-9-21-16-5-6-16;19-8-11-24-13-14-25-12-10-21-18(23)17(22-16-6-7-16)3-1-2-9-20-15-4-5-15;1-3-4-2/h16-18,21,24H,2-15H2,1H3,(H,22,25)(H,23,26);15-17,20,22H,1-14,19H2,(H,21,23);1-2H3. The maximum absolute atomic E-state index is 12.5. The van der Waals surface area contributed by atoms with Gasteiger partial charge >= 0.3 is 6.09 Å². The molecular formula is C40H80N9O8P. The lowest BCUT2D eigenvalue weighted by molar-refractivity contribution is -0.124. The summed E-state index contributed by atoms with van der Waals surface area (Å²) in [5.74, 6) is 0.172. The van der Waals surface area contributed by atoms with E-state index in [-0.39, 0.29) is 23.9 Å². The lowest BCUT2D eigenvalue weighted by Gasteiger charge is -2.18. The molecule has 0 aromatic carbocycles. The molecule has 2 unspecified atom stereocenters. The smallest absolute Gasteiger partial charge is 0.406 e. The molecule has 0 heterocycles. The van der Waals surface area contributed by atoms with Gasteiger partial charge in [-0.2, -0.15) is 0 Å². The first kappa shape index (κ1) is 52.1. The molecule has 4 aliphatic carbocycles. The van der Waals surface area contributed by atoms with E-state index in [4.69, 9.17) is 24.7 Å². The first-order chi connectivity index (χ1) is 28.4. The average molecular weight is 846 g/mol. The van der Waals surface area contributed by atoms with Crippen LogP contribution in [0, 0.1) is 0 Å². The highest BCUT2D eigenvalue weighted by Gasteiger charge is 2.29. The fourth-order valence-corrected chi connectivity index (χ4v) is 5.55. The van der Waals surface area contributed by atoms with E-state index in [0.29, 0.717) is 91.1 Å². The number of alkyl carbamates (subject to hydrolysis) is 1. The first-order valence-corrected chi connectivity index (χ1v) is 23.2. The predicted octanol–water partition coefficient (Wildman–Crippen LogP) is 2.05. The van der Waals surface area contributed by atoms with Crippen molar-refractivity contribution < 1.29 is 38.1 Å². The molecule has 4 rings (SSSR count). The van der Waals surface area contributed by atoms with Crippen LogP contribution >= 0.6 is 8.37 Å². The summed E-state index contributed by atoms with van der Waals surface area (Å²) in [7, 11) is 4.24. The molecule has 2 atom stereocenters. The molecule has 338 valence electrons. The third-order valence-electron chi connectivity index (χ3n) is 9.52. The van der Waals surface area contributed by atoms with Gasteiger partial charge in [0.1, 0.15) is 0 Å². The van der Waals surface area contributed by atoms with Crippen LogP contribution in [0.25, 0.3) is 0 Å². The summed E-state index contributed by atoms with van der Waals surface area (Å²) in [6, 6.07) is 2.40. The Kier molecular flexibility index (Phi) is 32.0. The quantitative estimate of drug-likeness (QED) is 0.0339. The number of nitrogens with zero attached hydrogens (tertiary/aromatic N) is 1. The summed E-state index contributed by atoms with van der Waals surface area (Å²) in [5, 5.41) is 22.5. The zero-order valence-corrected chi connectivity index (χ0v) is 36.9. The van der Waals surface area contributed by atoms with Gasteiger partial charge in [-0.05, 0) is 105 Å². The van der Waals surface area contributed by atoms with Crippen LogP contribution in [-0.2, 0) is 33.3 Å². The second-order valence-corrected chi connectivity index (χ2v) is 15.9. The Morgan fingerprint density at radius 3 is 1.31 bits per heavy atom. The van der Waals surface area contributed by atoms with Gasteiger partial charge in [0.2, 0.25) is 11.8 Å². The Morgan fingerprint density at radius 1 is 0.586 bits per heavy atom. The number of carbonyl (C=O) groups is 3. The summed E-state index contributed by atoms with van der Waals surface area (Å²) < 4.78 is 29.6. The SMILES string of the molecule is CN=PC.COC(=O)NCCOCCOCCNC(=O)C(CCCCNC1CC1)NC1CC1.NCCOCCOCCNC(=O)C(CCCCNC1CC1)NC1CC1. The van der Waals surface area contributed by atoms with Gasteiger partial charge in [-0.15, -0.1) is 0 Å². The van der Waals surface area contributed by atoms with Crippen LogP contribution in [0.3, 0.4) is 0 Å². The molecule has 4 fully saturated rings. The number of unbranched alkanes of at least 4 members (excludes halogenated alkanes) is 2. The van der Waals surface area contributed by atoms with Crippen LogP contribution in [0.5, 0.6) is 0 Å². The van der Waals surface area contributed by atoms with Crippen molar-refractivity contribution in [3.63, 3.8) is 0 Å². The molecule has 0 saturated heterocycles. The fraction of sp³-hybridized carbons (Fsp3) is 0.925. The van der Waals surface area contributed by atoms with Gasteiger partial charge in [0.05, 0.1) is 72.0 Å². The third kappa shape index (κ3) is 32.8. The van der Waals surface area contributed by atoms with Gasteiger partial charge in [0, 0.05) is 57.4 Å². The van der Waals surface area contributed by atoms with Crippen LogP contribution in [0.2, 0.25) is 0 Å². The Bertz CT molecular complexity index is 1070. The highest BCUT2D eigenvalue weighted by molar-refractivity contribution is 7.25. The Hall–Kier alpha value is -2.05. The lowest BCUT2D eigenvalue weighted by atomic mass is 10.1. The van der Waals surface area contributed by atoms with Gasteiger partial charge < -0.3 is 66.6 Å². The van der Waals surface area contributed by atoms with Crippen LogP contribution < -0.4 is 43.0 Å². The number of amides is 3. The van der Waals surface area contributed by atoms with Gasteiger partial charge in [0.25, 0.3) is 0 Å². The minimum Gasteiger partial charge on any atom is -0.453 e. The van der Waals surface area contributed by atoms with E-state index < -0.39 is 6.09 Å². The van der Waals surface area contributed by atoms with Crippen molar-refractivity contribution in [1.82, 2.24) is 37.2 Å². The largest absolute Gasteiger partial charge is 0.453 e. The molecule has 0 bridgehead atoms. The van der Waals surface area contributed by atoms with E-state index in [1.165, 1.54) is 58.5 Å². The molecule has 4 saturated carbocycles. The molecule has 0 radical (unpaired) electrons. The number of nitrogens with one attached hydrogen (secondary N) is 7. The molecule has 58 heavy (non-hydrogen) atoms. The summed E-state index contributed by atoms with van der Waals surface area (Å²) >= 11 is 0. The number of ether oxygens (including phenoxy) is 5. The van der Waals surface area contributed by atoms with E-state index in [0.717, 1.165) is 72.1 Å². The Labute approximate surface area is 350 Å². The maximum atomic E-state index is 12.5. The number of carbonyl (C=O) groups excluding carboxylic acids is 3. The monoisotopic (exact) mass is 846 g/mol. The van der Waals surface area contributed by atoms with E-state index in [1.54, 1.807) is 7.05 Å². The average Bonchev–Trinajstić information content (AvgIpc) is 4.02. The van der Waals surface area contributed by atoms with Crippen molar-refractivity contribution in [3.05, 3.63) is 0 Å². The van der Waals surface area contributed by atoms with E-state index in [1.807, 2.05) is 6.66 Å². The van der Waals surface area contributed by atoms with Crippen molar-refractivity contribution in [1.29, 1.82) is 0 Å². The third-order valence-corrected chi connectivity index (χ3v) is 9.92.